The molecule has 0 aliphatic heterocycles. The highest BCUT2D eigenvalue weighted by atomic mass is 32.2. The number of aliphatic imine (C=N–C) groups is 1. The number of thioether (sulfide) groups is 1. The fraction of sp³-hybridized carbons (Fsp3) is 0.733. The quantitative estimate of drug-likeness (QED) is 0.439. The van der Waals surface area contributed by atoms with Crippen LogP contribution in [0.4, 0.5) is 0 Å². The molecule has 2 N–H and O–H groups in total. The minimum Gasteiger partial charge on any atom is -0.357 e. The van der Waals surface area contributed by atoms with Gasteiger partial charge in [-0.15, -0.1) is 0 Å². The second kappa shape index (κ2) is 9.71. The summed E-state index contributed by atoms with van der Waals surface area (Å²) in [5.74, 6) is 2.12. The van der Waals surface area contributed by atoms with Crippen LogP contribution < -0.4 is 10.6 Å². The maximum Gasteiger partial charge on any atom is 0.191 e. The van der Waals surface area contributed by atoms with Gasteiger partial charge in [-0.1, -0.05) is 0 Å². The predicted molar refractivity (Wildman–Crippen MR) is 93.1 cm³/mol. The van der Waals surface area contributed by atoms with E-state index in [9.17, 15) is 0 Å². The molecule has 120 valence electrons. The fourth-order valence-electron chi connectivity index (χ4n) is 2.12. The first kappa shape index (κ1) is 17.9. The summed E-state index contributed by atoms with van der Waals surface area (Å²) in [5.41, 5.74) is 3.47. The highest BCUT2D eigenvalue weighted by Gasteiger charge is 2.08. The number of guanidine groups is 1. The zero-order valence-corrected chi connectivity index (χ0v) is 14.8. The molecule has 0 aliphatic carbocycles. The molecule has 1 aromatic heterocycles. The molecule has 0 amide bonds. The molecule has 0 radical (unpaired) electrons. The van der Waals surface area contributed by atoms with Crippen LogP contribution in [-0.2, 0) is 13.6 Å². The van der Waals surface area contributed by atoms with E-state index in [1.54, 1.807) is 0 Å². The van der Waals surface area contributed by atoms with Crippen molar-refractivity contribution in [1.82, 2.24) is 20.4 Å². The van der Waals surface area contributed by atoms with Gasteiger partial charge in [0.15, 0.2) is 5.96 Å². The van der Waals surface area contributed by atoms with Crippen LogP contribution in [-0.4, -0.2) is 40.8 Å². The number of hydrogen-bond acceptors (Lipinski definition) is 3. The van der Waals surface area contributed by atoms with Gasteiger partial charge in [-0.05, 0) is 45.6 Å². The molecular weight excluding hydrogens is 282 g/mol. The number of aryl methyl sites for hydroxylation is 2. The van der Waals surface area contributed by atoms with Crippen LogP contribution >= 0.6 is 11.8 Å². The van der Waals surface area contributed by atoms with E-state index in [1.165, 1.54) is 29.9 Å². The summed E-state index contributed by atoms with van der Waals surface area (Å²) in [6, 6.07) is 0. The molecular formula is C15H29N5S. The van der Waals surface area contributed by atoms with Gasteiger partial charge in [-0.3, -0.25) is 4.68 Å². The summed E-state index contributed by atoms with van der Waals surface area (Å²) in [6.07, 6.45) is 4.57. The molecule has 6 heteroatoms. The first-order valence-corrected chi connectivity index (χ1v) is 8.99. The number of hydrogen-bond donors (Lipinski definition) is 2. The Labute approximate surface area is 133 Å². The van der Waals surface area contributed by atoms with Crippen LogP contribution in [0.3, 0.4) is 0 Å². The van der Waals surface area contributed by atoms with Gasteiger partial charge in [0.1, 0.15) is 0 Å². The van der Waals surface area contributed by atoms with Crippen molar-refractivity contribution in [3.63, 3.8) is 0 Å². The van der Waals surface area contributed by atoms with Gasteiger partial charge >= 0.3 is 0 Å². The third-order valence-corrected chi connectivity index (χ3v) is 4.16. The van der Waals surface area contributed by atoms with Crippen molar-refractivity contribution >= 4 is 17.7 Å². The van der Waals surface area contributed by atoms with Gasteiger partial charge in [0, 0.05) is 31.4 Å². The van der Waals surface area contributed by atoms with Gasteiger partial charge in [-0.25, -0.2) is 4.99 Å². The Morgan fingerprint density at radius 1 is 1.29 bits per heavy atom. The van der Waals surface area contributed by atoms with Gasteiger partial charge < -0.3 is 10.6 Å². The predicted octanol–water partition coefficient (Wildman–Crippen LogP) is 2.24. The third-order valence-electron chi connectivity index (χ3n) is 3.47. The molecule has 1 heterocycles. The zero-order chi connectivity index (χ0) is 15.7. The number of unbranched alkanes of at least 4 members (excludes halogenated alkanes) is 1. The van der Waals surface area contributed by atoms with E-state index in [0.717, 1.165) is 24.7 Å². The van der Waals surface area contributed by atoms with E-state index in [2.05, 4.69) is 40.8 Å². The minimum absolute atomic E-state index is 0.672. The molecule has 0 fully saturated rings. The highest BCUT2D eigenvalue weighted by Crippen LogP contribution is 2.12. The summed E-state index contributed by atoms with van der Waals surface area (Å²) >= 11 is 1.90. The molecule has 0 saturated carbocycles. The van der Waals surface area contributed by atoms with Crippen molar-refractivity contribution < 1.29 is 0 Å². The molecule has 0 spiro atoms. The van der Waals surface area contributed by atoms with Gasteiger partial charge in [0.25, 0.3) is 0 Å². The monoisotopic (exact) mass is 311 g/mol. The van der Waals surface area contributed by atoms with Crippen molar-refractivity contribution in [3.8, 4) is 0 Å². The summed E-state index contributed by atoms with van der Waals surface area (Å²) in [5, 5.41) is 11.1. The van der Waals surface area contributed by atoms with Crippen molar-refractivity contribution in [2.75, 3.05) is 25.1 Å². The van der Waals surface area contributed by atoms with E-state index in [4.69, 9.17) is 0 Å². The lowest BCUT2D eigenvalue weighted by molar-refractivity contribution is 0.728. The molecule has 5 nitrogen and oxygen atoms in total. The van der Waals surface area contributed by atoms with E-state index >= 15 is 0 Å². The first-order chi connectivity index (χ1) is 10.1. The van der Waals surface area contributed by atoms with Gasteiger partial charge in [0.2, 0.25) is 0 Å². The lowest BCUT2D eigenvalue weighted by Gasteiger charge is -2.11. The molecule has 0 unspecified atom stereocenters. The second-order valence-corrected chi connectivity index (χ2v) is 6.08. The Bertz CT molecular complexity index is 453. The van der Waals surface area contributed by atoms with Crippen LogP contribution in [0.15, 0.2) is 4.99 Å². The average molecular weight is 311 g/mol. The lowest BCUT2D eigenvalue weighted by Crippen LogP contribution is -2.37. The van der Waals surface area contributed by atoms with Crippen molar-refractivity contribution in [2.45, 2.75) is 40.2 Å². The van der Waals surface area contributed by atoms with Crippen molar-refractivity contribution in [3.05, 3.63) is 17.0 Å². The zero-order valence-electron chi connectivity index (χ0n) is 14.0. The van der Waals surface area contributed by atoms with Crippen LogP contribution in [0, 0.1) is 13.8 Å². The summed E-state index contributed by atoms with van der Waals surface area (Å²) in [6.45, 7) is 8.74. The van der Waals surface area contributed by atoms with Crippen LogP contribution in [0.1, 0.15) is 36.7 Å². The number of nitrogens with one attached hydrogen (secondary N) is 2. The van der Waals surface area contributed by atoms with Gasteiger partial charge in [0.05, 0.1) is 12.2 Å². The first-order valence-electron chi connectivity index (χ1n) is 7.60. The molecule has 1 aromatic rings. The Balaban J connectivity index is 2.54. The standard InChI is InChI=1S/C15H29N5S/c1-6-16-15(17-9-7-8-10-21-5)18-11-14-12(2)19-20(4)13(14)3/h6-11H2,1-5H3,(H2,16,17,18). The normalized spacial score (nSPS) is 11.8. The number of rotatable bonds is 8. The molecule has 0 bridgehead atoms. The van der Waals surface area contributed by atoms with Gasteiger partial charge in [-0.2, -0.15) is 16.9 Å². The summed E-state index contributed by atoms with van der Waals surface area (Å²) in [7, 11) is 1.98. The maximum absolute atomic E-state index is 4.67. The van der Waals surface area contributed by atoms with Crippen LogP contribution in [0.5, 0.6) is 0 Å². The maximum atomic E-state index is 4.67. The van der Waals surface area contributed by atoms with E-state index in [1.807, 2.05) is 30.4 Å². The van der Waals surface area contributed by atoms with E-state index in [-0.39, 0.29) is 0 Å². The smallest absolute Gasteiger partial charge is 0.191 e. The minimum atomic E-state index is 0.672. The largest absolute Gasteiger partial charge is 0.357 e. The average Bonchev–Trinajstić information content (AvgIpc) is 2.69. The number of nitrogens with zero attached hydrogens (tertiary/aromatic N) is 3. The Hall–Kier alpha value is -1.17. The summed E-state index contributed by atoms with van der Waals surface area (Å²) in [4.78, 5) is 4.67. The number of aromatic nitrogens is 2. The lowest BCUT2D eigenvalue weighted by atomic mass is 10.2. The van der Waals surface area contributed by atoms with E-state index in [0.29, 0.717) is 6.54 Å². The molecule has 0 atom stereocenters. The molecule has 0 saturated heterocycles. The van der Waals surface area contributed by atoms with Crippen LogP contribution in [0.2, 0.25) is 0 Å². The van der Waals surface area contributed by atoms with Crippen molar-refractivity contribution in [2.24, 2.45) is 12.0 Å². The van der Waals surface area contributed by atoms with Crippen LogP contribution in [0.25, 0.3) is 0 Å². The van der Waals surface area contributed by atoms with E-state index < -0.39 is 0 Å². The third kappa shape index (κ3) is 5.99. The Morgan fingerprint density at radius 3 is 2.62 bits per heavy atom. The topological polar surface area (TPSA) is 54.2 Å². The highest BCUT2D eigenvalue weighted by molar-refractivity contribution is 7.98. The molecule has 21 heavy (non-hydrogen) atoms. The Kier molecular flexibility index (Phi) is 8.27. The molecule has 1 rings (SSSR count). The summed E-state index contributed by atoms with van der Waals surface area (Å²) < 4.78 is 1.92. The molecule has 0 aromatic carbocycles. The fourth-order valence-corrected chi connectivity index (χ4v) is 2.62. The SMILES string of the molecule is CCNC(=NCc1c(C)nn(C)c1C)NCCCCSC. The van der Waals surface area contributed by atoms with Crippen molar-refractivity contribution in [1.29, 1.82) is 0 Å². The molecule has 0 aliphatic rings. The second-order valence-electron chi connectivity index (χ2n) is 5.09. The Morgan fingerprint density at radius 2 is 2.05 bits per heavy atom.